The molecule has 3 heteroatoms. The summed E-state index contributed by atoms with van der Waals surface area (Å²) in [6, 6.07) is 45.2. The Bertz CT molecular complexity index is 2860. The van der Waals surface area contributed by atoms with Gasteiger partial charge in [-0.15, -0.1) is 23.1 Å². The van der Waals surface area contributed by atoms with Crippen molar-refractivity contribution >= 4 is 76.7 Å². The Balaban J connectivity index is 1.31. The van der Waals surface area contributed by atoms with Gasteiger partial charge in [-0.25, -0.2) is 0 Å². The Hall–Kier alpha value is -5.87. The third-order valence-electron chi connectivity index (χ3n) is 11.2. The Morgan fingerprint density at radius 2 is 1.41 bits per heavy atom. The van der Waals surface area contributed by atoms with Crippen molar-refractivity contribution in [2.75, 3.05) is 4.90 Å². The molecular formula is C53H41NS2. The largest absolute Gasteiger partial charge is 0.307 e. The molecule has 1 nitrogen and oxygen atoms in total. The average molecular weight is 756 g/mol. The average Bonchev–Trinajstić information content (AvgIpc) is 3.55. The summed E-state index contributed by atoms with van der Waals surface area (Å²) < 4.78 is 2.60. The molecule has 56 heavy (non-hydrogen) atoms. The molecule has 0 radical (unpaired) electrons. The van der Waals surface area contributed by atoms with E-state index in [1.807, 2.05) is 23.1 Å². The van der Waals surface area contributed by atoms with Crippen LogP contribution in [0.3, 0.4) is 0 Å². The van der Waals surface area contributed by atoms with Gasteiger partial charge in [0, 0.05) is 36.9 Å². The van der Waals surface area contributed by atoms with Crippen LogP contribution in [0.15, 0.2) is 205 Å². The van der Waals surface area contributed by atoms with Gasteiger partial charge in [-0.05, 0) is 75.9 Å². The van der Waals surface area contributed by atoms with Crippen LogP contribution in [0, 0.1) is 5.92 Å². The number of allylic oxidation sites excluding steroid dienone is 13. The highest BCUT2D eigenvalue weighted by Crippen LogP contribution is 2.52. The number of fused-ring (bicyclic) bond motifs is 6. The van der Waals surface area contributed by atoms with E-state index in [1.54, 1.807) is 0 Å². The van der Waals surface area contributed by atoms with Crippen LogP contribution in [0.1, 0.15) is 24.5 Å². The lowest BCUT2D eigenvalue weighted by Crippen LogP contribution is -2.14. The van der Waals surface area contributed by atoms with Gasteiger partial charge in [-0.2, -0.15) is 0 Å². The summed E-state index contributed by atoms with van der Waals surface area (Å²) in [5.41, 5.74) is 11.2. The summed E-state index contributed by atoms with van der Waals surface area (Å²) in [6.45, 7) is 2.30. The number of benzene rings is 6. The van der Waals surface area contributed by atoms with Gasteiger partial charge in [-0.3, -0.25) is 0 Å². The molecule has 6 aromatic carbocycles. The molecule has 7 aromatic rings. The van der Waals surface area contributed by atoms with Crippen LogP contribution in [0.25, 0.3) is 47.6 Å². The van der Waals surface area contributed by atoms with Crippen LogP contribution in [0.4, 0.5) is 17.1 Å². The van der Waals surface area contributed by atoms with E-state index in [0.717, 1.165) is 12.8 Å². The number of nitrogens with zero attached hydrogens (tertiary/aromatic N) is 1. The maximum absolute atomic E-state index is 2.60. The van der Waals surface area contributed by atoms with Crippen molar-refractivity contribution in [3.63, 3.8) is 0 Å². The van der Waals surface area contributed by atoms with Crippen LogP contribution in [0.5, 0.6) is 0 Å². The SMILES string of the molecule is CCC1/C=C\C=C/Cc2cccc(N(c3cc(-c4ccccc4)c(C4=CC5C=CC=CC5=CC=C4)c4ccccc34)c3cccc4c3sc3ccccc34)c2S1. The summed E-state index contributed by atoms with van der Waals surface area (Å²) in [5.74, 6) is 0.216. The van der Waals surface area contributed by atoms with E-state index in [1.165, 1.54) is 86.3 Å². The van der Waals surface area contributed by atoms with Gasteiger partial charge >= 0.3 is 0 Å². The van der Waals surface area contributed by atoms with Crippen molar-refractivity contribution in [3.05, 3.63) is 211 Å². The van der Waals surface area contributed by atoms with Crippen LogP contribution in [-0.2, 0) is 6.42 Å². The van der Waals surface area contributed by atoms with Crippen molar-refractivity contribution < 1.29 is 0 Å². The minimum atomic E-state index is 0.216. The Kier molecular flexibility index (Phi) is 9.26. The van der Waals surface area contributed by atoms with Crippen LogP contribution < -0.4 is 4.90 Å². The topological polar surface area (TPSA) is 3.24 Å². The monoisotopic (exact) mass is 755 g/mol. The van der Waals surface area contributed by atoms with E-state index < -0.39 is 0 Å². The van der Waals surface area contributed by atoms with Crippen molar-refractivity contribution in [2.24, 2.45) is 5.92 Å². The maximum atomic E-state index is 2.60. The Morgan fingerprint density at radius 1 is 0.643 bits per heavy atom. The van der Waals surface area contributed by atoms with Crippen LogP contribution >= 0.6 is 23.1 Å². The molecule has 0 amide bonds. The molecule has 2 unspecified atom stereocenters. The Morgan fingerprint density at radius 3 is 2.30 bits per heavy atom. The van der Waals surface area contributed by atoms with E-state index >= 15 is 0 Å². The maximum Gasteiger partial charge on any atom is 0.0641 e. The quantitative estimate of drug-likeness (QED) is 0.166. The first-order valence-electron chi connectivity index (χ1n) is 19.6. The number of hydrogen-bond donors (Lipinski definition) is 0. The third kappa shape index (κ3) is 6.22. The highest BCUT2D eigenvalue weighted by molar-refractivity contribution is 8.00. The predicted molar refractivity (Wildman–Crippen MR) is 246 cm³/mol. The molecule has 10 rings (SSSR count). The smallest absolute Gasteiger partial charge is 0.0641 e. The molecule has 2 atom stereocenters. The summed E-state index contributed by atoms with van der Waals surface area (Å²) in [6.07, 6.45) is 29.2. The fraction of sp³-hybridized carbons (Fsp3) is 0.0943. The highest BCUT2D eigenvalue weighted by atomic mass is 32.2. The normalized spacial score (nSPS) is 18.7. The molecule has 0 saturated carbocycles. The van der Waals surface area contributed by atoms with Gasteiger partial charge in [0.15, 0.2) is 0 Å². The number of thioether (sulfide) groups is 1. The zero-order chi connectivity index (χ0) is 37.4. The number of anilines is 3. The molecule has 0 bridgehead atoms. The summed E-state index contributed by atoms with van der Waals surface area (Å²) >= 11 is 3.90. The van der Waals surface area contributed by atoms with Gasteiger partial charge in [0.25, 0.3) is 0 Å². The van der Waals surface area contributed by atoms with Crippen LogP contribution in [0.2, 0.25) is 0 Å². The fourth-order valence-electron chi connectivity index (χ4n) is 8.48. The summed E-state index contributed by atoms with van der Waals surface area (Å²) in [7, 11) is 0. The van der Waals surface area contributed by atoms with E-state index in [0.29, 0.717) is 5.25 Å². The first-order valence-corrected chi connectivity index (χ1v) is 21.3. The van der Waals surface area contributed by atoms with Crippen molar-refractivity contribution in [1.82, 2.24) is 0 Å². The summed E-state index contributed by atoms with van der Waals surface area (Å²) in [5, 5.41) is 5.43. The second kappa shape index (κ2) is 15.0. The lowest BCUT2D eigenvalue weighted by atomic mass is 9.85. The zero-order valence-electron chi connectivity index (χ0n) is 31.3. The molecule has 2 heterocycles. The molecule has 2 aliphatic carbocycles. The zero-order valence-corrected chi connectivity index (χ0v) is 32.9. The van der Waals surface area contributed by atoms with Crippen molar-refractivity contribution in [1.29, 1.82) is 0 Å². The van der Waals surface area contributed by atoms with E-state index in [2.05, 4.69) is 206 Å². The van der Waals surface area contributed by atoms with Gasteiger partial charge in [0.05, 0.1) is 21.8 Å². The molecule has 3 aliphatic rings. The van der Waals surface area contributed by atoms with Gasteiger partial charge in [-0.1, -0.05) is 177 Å². The standard InChI is InChI=1S/C53H41NS2/c1-2-41-26-8-4-7-21-38-24-16-31-47(52(38)55-41)54(48-32-17-30-45-43-28-13-14-33-50(43)56-53(45)48)49-35-46(37-19-5-3-6-20-37)51(44-29-12-11-27-42(44)49)40-25-15-23-36-18-9-10-22-39(36)34-40/h3-20,22-35,39,41H,2,21H2,1H3/b7-4-,26-8-. The number of rotatable bonds is 6. The van der Waals surface area contributed by atoms with E-state index in [4.69, 9.17) is 0 Å². The predicted octanol–water partition coefficient (Wildman–Crippen LogP) is 15.5. The summed E-state index contributed by atoms with van der Waals surface area (Å²) in [4.78, 5) is 3.94. The molecule has 0 N–H and O–H groups in total. The third-order valence-corrected chi connectivity index (χ3v) is 13.9. The molecule has 0 fully saturated rings. The van der Waals surface area contributed by atoms with Gasteiger partial charge < -0.3 is 4.90 Å². The second-order valence-electron chi connectivity index (χ2n) is 14.6. The van der Waals surface area contributed by atoms with E-state index in [9.17, 15) is 0 Å². The molecular weight excluding hydrogens is 715 g/mol. The fourth-order valence-corrected chi connectivity index (χ4v) is 10.9. The Labute approximate surface area is 337 Å². The molecule has 270 valence electrons. The van der Waals surface area contributed by atoms with E-state index in [-0.39, 0.29) is 5.92 Å². The van der Waals surface area contributed by atoms with Crippen molar-refractivity contribution in [2.45, 2.75) is 29.9 Å². The second-order valence-corrected chi connectivity index (χ2v) is 16.9. The minimum absolute atomic E-state index is 0.216. The number of hydrogen-bond acceptors (Lipinski definition) is 3. The van der Waals surface area contributed by atoms with Gasteiger partial charge in [0.2, 0.25) is 0 Å². The molecule has 0 saturated heterocycles. The van der Waals surface area contributed by atoms with Gasteiger partial charge in [0.1, 0.15) is 0 Å². The minimum Gasteiger partial charge on any atom is -0.307 e. The lowest BCUT2D eigenvalue weighted by Gasteiger charge is -2.32. The molecule has 1 aliphatic heterocycles. The highest BCUT2D eigenvalue weighted by Gasteiger charge is 2.27. The lowest BCUT2D eigenvalue weighted by molar-refractivity contribution is 0.974. The molecule has 1 aromatic heterocycles. The molecule has 0 spiro atoms. The first kappa shape index (κ1) is 34.6. The number of thiophene rings is 1. The van der Waals surface area contributed by atoms with Crippen molar-refractivity contribution in [3.8, 4) is 11.1 Å². The van der Waals surface area contributed by atoms with Crippen LogP contribution in [-0.4, -0.2) is 5.25 Å². The first-order chi connectivity index (χ1) is 27.7.